The van der Waals surface area contributed by atoms with Crippen LogP contribution in [0.15, 0.2) is 42.5 Å². The van der Waals surface area contributed by atoms with Gasteiger partial charge in [0.2, 0.25) is 5.91 Å². The summed E-state index contributed by atoms with van der Waals surface area (Å²) < 4.78 is 6.22. The number of hydrogen-bond donors (Lipinski definition) is 1. The van der Waals surface area contributed by atoms with Gasteiger partial charge in [-0.25, -0.2) is 9.97 Å². The van der Waals surface area contributed by atoms with Gasteiger partial charge in [0.05, 0.1) is 34.4 Å². The highest BCUT2D eigenvalue weighted by Gasteiger charge is 2.16. The molecule has 0 saturated carbocycles. The molecule has 142 valence electrons. The number of hydrogen-bond acceptors (Lipinski definition) is 6. The highest BCUT2D eigenvalue weighted by molar-refractivity contribution is 7.22. The number of carbonyl (C=O) groups excluding carboxylic acids is 1. The van der Waals surface area contributed by atoms with Crippen LogP contribution < -0.4 is 10.1 Å². The van der Waals surface area contributed by atoms with E-state index in [1.165, 1.54) is 16.9 Å². The second-order valence-electron chi connectivity index (χ2n) is 6.45. The average molecular weight is 410 g/mol. The van der Waals surface area contributed by atoms with E-state index in [2.05, 4.69) is 34.3 Å². The van der Waals surface area contributed by atoms with Gasteiger partial charge in [-0.15, -0.1) is 11.3 Å². The minimum Gasteiger partial charge on any atom is -0.497 e. The summed E-state index contributed by atoms with van der Waals surface area (Å²) in [7, 11) is 1.63. The van der Waals surface area contributed by atoms with Gasteiger partial charge in [0.15, 0.2) is 5.13 Å². The van der Waals surface area contributed by atoms with Gasteiger partial charge in [0.25, 0.3) is 0 Å². The molecule has 0 aliphatic heterocycles. The molecule has 2 aromatic heterocycles. The lowest BCUT2D eigenvalue weighted by Gasteiger charge is -2.04. The summed E-state index contributed by atoms with van der Waals surface area (Å²) >= 11 is 2.99. The van der Waals surface area contributed by atoms with Gasteiger partial charge < -0.3 is 10.1 Å². The molecule has 1 amide bonds. The van der Waals surface area contributed by atoms with Crippen LogP contribution in [0.1, 0.15) is 15.4 Å². The largest absolute Gasteiger partial charge is 0.497 e. The molecule has 4 rings (SSSR count). The number of ether oxygens (including phenoxy) is 1. The van der Waals surface area contributed by atoms with E-state index in [0.29, 0.717) is 5.13 Å². The Bertz CT molecular complexity index is 1150. The number of carbonyl (C=O) groups is 1. The molecule has 0 spiro atoms. The summed E-state index contributed by atoms with van der Waals surface area (Å²) in [5, 5.41) is 4.46. The van der Waals surface area contributed by atoms with Crippen molar-refractivity contribution in [1.29, 1.82) is 0 Å². The van der Waals surface area contributed by atoms with Crippen molar-refractivity contribution in [2.45, 2.75) is 20.3 Å². The lowest BCUT2D eigenvalue weighted by molar-refractivity contribution is -0.115. The van der Waals surface area contributed by atoms with E-state index in [1.807, 2.05) is 37.3 Å². The summed E-state index contributed by atoms with van der Waals surface area (Å²) in [6.07, 6.45) is 0.272. The molecule has 0 saturated heterocycles. The van der Waals surface area contributed by atoms with Crippen molar-refractivity contribution in [3.63, 3.8) is 0 Å². The van der Waals surface area contributed by atoms with Crippen LogP contribution in [0, 0.1) is 13.8 Å². The number of aromatic nitrogens is 2. The zero-order valence-electron chi connectivity index (χ0n) is 15.8. The quantitative estimate of drug-likeness (QED) is 0.490. The first-order valence-corrected chi connectivity index (χ1v) is 10.4. The van der Waals surface area contributed by atoms with Crippen molar-refractivity contribution in [3.8, 4) is 17.0 Å². The maximum absolute atomic E-state index is 12.6. The SMILES string of the molecule is COc1ccc2nc(NC(=O)Cc3sc(C)nc3-c3ccc(C)cc3)sc2c1. The molecule has 0 unspecified atom stereocenters. The molecule has 0 radical (unpaired) electrons. The number of amides is 1. The molecule has 5 nitrogen and oxygen atoms in total. The molecule has 0 aliphatic rings. The first kappa shape index (κ1) is 18.6. The Morgan fingerprint density at radius 1 is 1.07 bits per heavy atom. The number of rotatable bonds is 5. The minimum absolute atomic E-state index is 0.0944. The van der Waals surface area contributed by atoms with Crippen molar-refractivity contribution in [1.82, 2.24) is 9.97 Å². The van der Waals surface area contributed by atoms with Gasteiger partial charge in [-0.2, -0.15) is 0 Å². The number of fused-ring (bicyclic) bond motifs is 1. The molecule has 7 heteroatoms. The number of methoxy groups -OCH3 is 1. The molecule has 28 heavy (non-hydrogen) atoms. The molecular formula is C21H19N3O2S2. The van der Waals surface area contributed by atoms with E-state index in [-0.39, 0.29) is 12.3 Å². The van der Waals surface area contributed by atoms with Crippen LogP contribution in [0.2, 0.25) is 0 Å². The van der Waals surface area contributed by atoms with E-state index in [0.717, 1.165) is 37.1 Å². The van der Waals surface area contributed by atoms with Crippen molar-refractivity contribution in [3.05, 3.63) is 57.9 Å². The lowest BCUT2D eigenvalue weighted by Crippen LogP contribution is -2.13. The fourth-order valence-electron chi connectivity index (χ4n) is 2.92. The first-order valence-electron chi connectivity index (χ1n) is 8.79. The molecule has 0 bridgehead atoms. The van der Waals surface area contributed by atoms with Crippen LogP contribution >= 0.6 is 22.7 Å². The van der Waals surface area contributed by atoms with Crippen LogP contribution in [0.5, 0.6) is 5.75 Å². The average Bonchev–Trinajstić information content (AvgIpc) is 3.23. The number of anilines is 1. The predicted octanol–water partition coefficient (Wildman–Crippen LogP) is 5.23. The maximum Gasteiger partial charge on any atom is 0.231 e. The summed E-state index contributed by atoms with van der Waals surface area (Å²) in [5.41, 5.74) is 3.95. The summed E-state index contributed by atoms with van der Waals surface area (Å²) in [6, 6.07) is 13.9. The van der Waals surface area contributed by atoms with Gasteiger partial charge in [-0.05, 0) is 32.0 Å². The van der Waals surface area contributed by atoms with Crippen LogP contribution in [0.4, 0.5) is 5.13 Å². The van der Waals surface area contributed by atoms with Crippen molar-refractivity contribution in [2.75, 3.05) is 12.4 Å². The molecule has 0 fully saturated rings. The third-order valence-corrected chi connectivity index (χ3v) is 6.20. The molecule has 4 aromatic rings. The topological polar surface area (TPSA) is 64.1 Å². The maximum atomic E-state index is 12.6. The minimum atomic E-state index is -0.0944. The Morgan fingerprint density at radius 2 is 1.86 bits per heavy atom. The van der Waals surface area contributed by atoms with Crippen molar-refractivity contribution >= 4 is 43.9 Å². The van der Waals surface area contributed by atoms with E-state index in [1.54, 1.807) is 18.4 Å². The summed E-state index contributed by atoms with van der Waals surface area (Å²) in [4.78, 5) is 22.7. The Labute approximate surface area is 171 Å². The third-order valence-electron chi connectivity index (χ3n) is 4.29. The summed E-state index contributed by atoms with van der Waals surface area (Å²) in [6.45, 7) is 4.02. The third kappa shape index (κ3) is 3.90. The van der Waals surface area contributed by atoms with Gasteiger partial charge >= 0.3 is 0 Å². The second-order valence-corrected chi connectivity index (χ2v) is 8.77. The Kier molecular flexibility index (Phi) is 5.11. The number of aryl methyl sites for hydroxylation is 2. The Hall–Kier alpha value is -2.77. The molecule has 0 atom stereocenters. The predicted molar refractivity (Wildman–Crippen MR) is 116 cm³/mol. The first-order chi connectivity index (χ1) is 13.5. The van der Waals surface area contributed by atoms with Crippen LogP contribution in [-0.4, -0.2) is 23.0 Å². The van der Waals surface area contributed by atoms with Gasteiger partial charge in [0.1, 0.15) is 5.75 Å². The monoisotopic (exact) mass is 409 g/mol. The molecular weight excluding hydrogens is 390 g/mol. The van der Waals surface area contributed by atoms with E-state index >= 15 is 0 Å². The molecule has 2 aromatic carbocycles. The normalized spacial score (nSPS) is 11.0. The fraction of sp³-hybridized carbons (Fsp3) is 0.190. The standard InChI is InChI=1S/C21H19N3O2S2/c1-12-4-6-14(7-5-12)20-18(27-13(2)22-20)11-19(25)24-21-23-16-9-8-15(26-3)10-17(16)28-21/h4-10H,11H2,1-3H3,(H,23,24,25). The van der Waals surface area contributed by atoms with Crippen LogP contribution in [-0.2, 0) is 11.2 Å². The number of nitrogens with zero attached hydrogens (tertiary/aromatic N) is 2. The number of benzene rings is 2. The van der Waals surface area contributed by atoms with Gasteiger partial charge in [-0.3, -0.25) is 4.79 Å². The van der Waals surface area contributed by atoms with Crippen LogP contribution in [0.25, 0.3) is 21.5 Å². The van der Waals surface area contributed by atoms with Crippen molar-refractivity contribution in [2.24, 2.45) is 0 Å². The zero-order chi connectivity index (χ0) is 19.7. The Balaban J connectivity index is 1.53. The highest BCUT2D eigenvalue weighted by atomic mass is 32.1. The molecule has 2 heterocycles. The van der Waals surface area contributed by atoms with Crippen LogP contribution in [0.3, 0.4) is 0 Å². The van der Waals surface area contributed by atoms with E-state index < -0.39 is 0 Å². The second kappa shape index (κ2) is 7.69. The smallest absolute Gasteiger partial charge is 0.231 e. The highest BCUT2D eigenvalue weighted by Crippen LogP contribution is 2.31. The lowest BCUT2D eigenvalue weighted by atomic mass is 10.1. The number of thiazole rings is 2. The van der Waals surface area contributed by atoms with Gasteiger partial charge in [0, 0.05) is 10.4 Å². The van der Waals surface area contributed by atoms with Gasteiger partial charge in [-0.1, -0.05) is 41.2 Å². The molecule has 0 aliphatic carbocycles. The number of nitrogens with one attached hydrogen (secondary N) is 1. The van der Waals surface area contributed by atoms with E-state index in [4.69, 9.17) is 4.74 Å². The molecule has 1 N–H and O–H groups in total. The Morgan fingerprint density at radius 3 is 2.61 bits per heavy atom. The fourth-order valence-corrected chi connectivity index (χ4v) is 4.79. The summed E-state index contributed by atoms with van der Waals surface area (Å²) in [5.74, 6) is 0.680. The zero-order valence-corrected chi connectivity index (χ0v) is 17.4. The van der Waals surface area contributed by atoms with E-state index in [9.17, 15) is 4.79 Å². The van der Waals surface area contributed by atoms with Crippen molar-refractivity contribution < 1.29 is 9.53 Å².